The van der Waals surface area contributed by atoms with Crippen molar-refractivity contribution in [3.63, 3.8) is 0 Å². The van der Waals surface area contributed by atoms with Crippen LogP contribution in [0.3, 0.4) is 0 Å². The normalized spacial score (nSPS) is 14.0. The van der Waals surface area contributed by atoms with Gasteiger partial charge in [0.15, 0.2) is 0 Å². The van der Waals surface area contributed by atoms with Gasteiger partial charge in [-0.05, 0) is 98.7 Å². The van der Waals surface area contributed by atoms with Gasteiger partial charge < -0.3 is 50.3 Å². The summed E-state index contributed by atoms with van der Waals surface area (Å²) in [5.41, 5.74) is 2.10. The summed E-state index contributed by atoms with van der Waals surface area (Å²) >= 11 is 0. The third kappa shape index (κ3) is 21.4. The first kappa shape index (κ1) is 69.8. The number of piperidine rings is 1. The molecular weight excluding hydrogens is 1120 g/mol. The third-order valence-corrected chi connectivity index (χ3v) is 15.1. The van der Waals surface area contributed by atoms with Crippen LogP contribution in [0.1, 0.15) is 120 Å². The monoisotopic (exact) mass is 1210 g/mol. The summed E-state index contributed by atoms with van der Waals surface area (Å²) in [6.07, 6.45) is 2.60. The Hall–Kier alpha value is -9.01. The van der Waals surface area contributed by atoms with Gasteiger partial charge in [-0.15, -0.1) is 0 Å². The van der Waals surface area contributed by atoms with Crippen LogP contribution in [0, 0.1) is 11.3 Å². The topological polar surface area (TPSA) is 267 Å². The quantitative estimate of drug-likeness (QED) is 0.0242. The number of likely N-dealkylation sites (tertiary alicyclic amines) is 1. The number of ether oxygens (including phenoxy) is 2. The van der Waals surface area contributed by atoms with Crippen LogP contribution < -0.4 is 21.3 Å². The van der Waals surface area contributed by atoms with Gasteiger partial charge in [0.25, 0.3) is 5.91 Å². The van der Waals surface area contributed by atoms with Crippen molar-refractivity contribution < 1.29 is 62.2 Å². The maximum atomic E-state index is 15.0. The molecule has 1 heterocycles. The van der Waals surface area contributed by atoms with Crippen molar-refractivity contribution in [2.24, 2.45) is 11.3 Å². The van der Waals surface area contributed by atoms with Crippen LogP contribution in [0.5, 0.6) is 0 Å². The highest BCUT2D eigenvalue weighted by atomic mass is 16.5. The maximum absolute atomic E-state index is 15.0. The molecule has 21 nitrogen and oxygen atoms in total. The molecule has 1 aliphatic heterocycles. The number of nitrogens with zero attached hydrogens (tertiary/aromatic N) is 4. The molecule has 21 heteroatoms. The van der Waals surface area contributed by atoms with Crippen LogP contribution in [0.4, 0.5) is 5.69 Å². The van der Waals surface area contributed by atoms with Crippen molar-refractivity contribution in [1.82, 2.24) is 35.6 Å². The number of nitrogens with one attached hydrogen (secondary N) is 4. The number of anilines is 1. The average Bonchev–Trinajstić information content (AvgIpc) is 3.23. The Bertz CT molecular complexity index is 3080. The van der Waals surface area contributed by atoms with Crippen molar-refractivity contribution in [3.05, 3.63) is 150 Å². The second kappa shape index (κ2) is 34.4. The van der Waals surface area contributed by atoms with E-state index in [4.69, 9.17) is 9.47 Å². The molecule has 88 heavy (non-hydrogen) atoms. The van der Waals surface area contributed by atoms with Gasteiger partial charge in [0.1, 0.15) is 37.4 Å². The molecule has 4 atom stereocenters. The largest absolute Gasteiger partial charge is 0.461 e. The molecule has 0 aliphatic carbocycles. The van der Waals surface area contributed by atoms with Crippen molar-refractivity contribution in [2.75, 3.05) is 52.2 Å². The molecule has 472 valence electrons. The number of carbonyl (C=O) groups excluding carboxylic acids is 11. The van der Waals surface area contributed by atoms with E-state index in [0.717, 1.165) is 11.6 Å². The fourth-order valence-corrected chi connectivity index (χ4v) is 9.85. The number of benzene rings is 4. The smallest absolute Gasteiger partial charge is 0.330 e. The molecule has 4 aromatic rings. The van der Waals surface area contributed by atoms with Gasteiger partial charge in [-0.25, -0.2) is 9.59 Å². The number of hydrogen-bond donors (Lipinski definition) is 4. The summed E-state index contributed by atoms with van der Waals surface area (Å²) in [6, 6.07) is 26.9. The van der Waals surface area contributed by atoms with Crippen molar-refractivity contribution >= 4 is 70.7 Å². The zero-order chi connectivity index (χ0) is 64.5. The lowest BCUT2D eigenvalue weighted by Crippen LogP contribution is -2.56. The number of likely N-dealkylation sites (N-methyl/N-ethyl adjacent to an activating group) is 2. The number of ketones is 1. The minimum Gasteiger partial charge on any atom is -0.461 e. The minimum atomic E-state index is -1.37. The molecule has 0 radical (unpaired) electrons. The standard InChI is InChI=1S/C67H86N8O13/c1-10-35-74(42-58(79)73(9)54(37-45(4)5)64(84)72(8)12-3)63(83)52(39-46-29-31-47(32-30-46)40-57(78)68-41-48-22-15-13-16-23-48)70-62(82)60(50-25-17-14-18-26-50)71-56(77)34-33-55(76)69-51-27-21-24-49(38-51)43-87-66(86)53-28-19-20-36-75(53)65(85)61(81)67(6,7)44-88-59(80)11-2/h11,13-18,21-27,29-32,38,45,52-54,60H,2,10,12,19-20,28,33-37,39-44H2,1,3-9H3,(H,68,78)(H,69,76)(H,70,82)(H,71,77)/t52-,53-,54-,60-/m0/s1. The van der Waals surface area contributed by atoms with Gasteiger partial charge in [-0.3, -0.25) is 43.2 Å². The molecule has 0 aromatic heterocycles. The lowest BCUT2D eigenvalue weighted by molar-refractivity contribution is -0.162. The predicted octanol–water partition coefficient (Wildman–Crippen LogP) is 6.19. The Balaban J connectivity index is 1.28. The molecular formula is C67H86N8O13. The fraction of sp³-hybridized carbons (Fsp3) is 0.448. The summed E-state index contributed by atoms with van der Waals surface area (Å²) in [5.74, 6) is -6.56. The van der Waals surface area contributed by atoms with Crippen molar-refractivity contribution in [3.8, 4) is 0 Å². The zero-order valence-corrected chi connectivity index (χ0v) is 52.0. The van der Waals surface area contributed by atoms with Crippen LogP contribution in [-0.4, -0.2) is 150 Å². The summed E-state index contributed by atoms with van der Waals surface area (Å²) in [7, 11) is 3.22. The highest BCUT2D eigenvalue weighted by molar-refractivity contribution is 6.38. The van der Waals surface area contributed by atoms with E-state index in [1.165, 1.54) is 28.5 Å². The van der Waals surface area contributed by atoms with Gasteiger partial charge in [0.2, 0.25) is 47.1 Å². The van der Waals surface area contributed by atoms with E-state index >= 15 is 0 Å². The molecule has 0 unspecified atom stereocenters. The highest BCUT2D eigenvalue weighted by Crippen LogP contribution is 2.26. The number of Topliss-reactive ketones (excluding diaryl/α,β-unsaturated/α-hetero) is 1. The van der Waals surface area contributed by atoms with Gasteiger partial charge in [-0.2, -0.15) is 0 Å². The first-order chi connectivity index (χ1) is 41.9. The summed E-state index contributed by atoms with van der Waals surface area (Å²) in [6.45, 7) is 14.0. The Labute approximate surface area is 516 Å². The van der Waals surface area contributed by atoms with E-state index in [-0.39, 0.29) is 76.1 Å². The van der Waals surface area contributed by atoms with Crippen molar-refractivity contribution in [1.29, 1.82) is 0 Å². The predicted molar refractivity (Wildman–Crippen MR) is 331 cm³/mol. The van der Waals surface area contributed by atoms with E-state index in [1.54, 1.807) is 97.9 Å². The number of amides is 8. The van der Waals surface area contributed by atoms with Crippen LogP contribution in [-0.2, 0) is 88.2 Å². The molecule has 4 aromatic carbocycles. The molecule has 0 bridgehead atoms. The molecule has 4 N–H and O–H groups in total. The minimum absolute atomic E-state index is 0.0512. The summed E-state index contributed by atoms with van der Waals surface area (Å²) < 4.78 is 10.7. The average molecular weight is 1210 g/mol. The van der Waals surface area contributed by atoms with E-state index in [2.05, 4.69) is 27.8 Å². The Morgan fingerprint density at radius 3 is 2.03 bits per heavy atom. The van der Waals surface area contributed by atoms with Crippen LogP contribution in [0.2, 0.25) is 0 Å². The van der Waals surface area contributed by atoms with Crippen LogP contribution >= 0.6 is 0 Å². The van der Waals surface area contributed by atoms with E-state index in [9.17, 15) is 52.7 Å². The molecule has 1 fully saturated rings. The highest BCUT2D eigenvalue weighted by Gasteiger charge is 2.42. The lowest BCUT2D eigenvalue weighted by atomic mass is 9.87. The third-order valence-electron chi connectivity index (χ3n) is 15.1. The van der Waals surface area contributed by atoms with Gasteiger partial charge in [-0.1, -0.05) is 124 Å². The number of rotatable bonds is 32. The molecule has 8 amide bonds. The van der Waals surface area contributed by atoms with E-state index < -0.39 is 89.3 Å². The molecule has 5 rings (SSSR count). The van der Waals surface area contributed by atoms with Gasteiger partial charge >= 0.3 is 11.9 Å². The fourth-order valence-electron chi connectivity index (χ4n) is 9.85. The Morgan fingerprint density at radius 2 is 1.39 bits per heavy atom. The maximum Gasteiger partial charge on any atom is 0.330 e. The number of carbonyl (C=O) groups is 11. The molecule has 0 saturated carbocycles. The second-order valence-corrected chi connectivity index (χ2v) is 23.1. The van der Waals surface area contributed by atoms with Gasteiger partial charge in [0.05, 0.1) is 18.4 Å². The van der Waals surface area contributed by atoms with Crippen LogP contribution in [0.25, 0.3) is 0 Å². The zero-order valence-electron chi connectivity index (χ0n) is 52.0. The number of esters is 2. The van der Waals surface area contributed by atoms with E-state index in [1.807, 2.05) is 58.0 Å². The molecule has 1 aliphatic rings. The van der Waals surface area contributed by atoms with Crippen LogP contribution in [0.15, 0.2) is 122 Å². The first-order valence-corrected chi connectivity index (χ1v) is 30.0. The molecule has 1 saturated heterocycles. The lowest BCUT2D eigenvalue weighted by Gasteiger charge is -2.35. The Morgan fingerprint density at radius 1 is 0.739 bits per heavy atom. The summed E-state index contributed by atoms with van der Waals surface area (Å²) in [5, 5.41) is 11.3. The summed E-state index contributed by atoms with van der Waals surface area (Å²) in [4.78, 5) is 155. The number of hydrogen-bond acceptors (Lipinski definition) is 13. The Kier molecular flexibility index (Phi) is 27.2. The van der Waals surface area contributed by atoms with Gasteiger partial charge in [0, 0.05) is 71.3 Å². The van der Waals surface area contributed by atoms with Crippen molar-refractivity contribution in [2.45, 2.75) is 137 Å². The SMILES string of the molecule is C=CC(=O)OCC(C)(C)C(=O)C(=O)N1CCCC[C@H]1C(=O)OCc1cccc(NC(=O)CCC(=O)N[C@H](C(=O)N[C@@H](Cc2ccc(CC(=O)NCc3ccccc3)cc2)C(=O)N(CCC)CC(=O)N(C)[C@@H](CC(C)C)C(=O)N(C)CC)c2ccccc2)c1. The first-order valence-electron chi connectivity index (χ1n) is 30.0. The molecule has 0 spiro atoms. The second-order valence-electron chi connectivity index (χ2n) is 23.1. The van der Waals surface area contributed by atoms with E-state index in [0.29, 0.717) is 66.7 Å².